The number of rotatable bonds is 7. The van der Waals surface area contributed by atoms with E-state index in [1.807, 2.05) is 6.92 Å². The SMILES string of the molecule is Cc1cc(OC(C)C(=O)N(C)CCCC(=O)O)ccc1Cl. The first-order valence-corrected chi connectivity index (χ1v) is 7.08. The van der Waals surface area contributed by atoms with Crippen LogP contribution in [0.3, 0.4) is 0 Å². The number of aliphatic carboxylic acids is 1. The van der Waals surface area contributed by atoms with Crippen LogP contribution in [-0.4, -0.2) is 41.6 Å². The molecule has 1 atom stereocenters. The summed E-state index contributed by atoms with van der Waals surface area (Å²) in [6.07, 6.45) is -0.173. The van der Waals surface area contributed by atoms with Gasteiger partial charge in [0.1, 0.15) is 5.75 Å². The summed E-state index contributed by atoms with van der Waals surface area (Å²) in [5.41, 5.74) is 0.878. The summed E-state index contributed by atoms with van der Waals surface area (Å²) in [4.78, 5) is 24.0. The van der Waals surface area contributed by atoms with Crippen LogP contribution in [0.15, 0.2) is 18.2 Å². The highest BCUT2D eigenvalue weighted by Gasteiger charge is 2.19. The highest BCUT2D eigenvalue weighted by atomic mass is 35.5. The number of carboxylic acids is 1. The molecule has 1 rings (SSSR count). The third-order valence-corrected chi connectivity index (χ3v) is 3.47. The number of hydrogen-bond acceptors (Lipinski definition) is 3. The Morgan fingerprint density at radius 2 is 2.10 bits per heavy atom. The first-order valence-electron chi connectivity index (χ1n) is 6.71. The predicted molar refractivity (Wildman–Crippen MR) is 80.8 cm³/mol. The van der Waals surface area contributed by atoms with E-state index in [9.17, 15) is 9.59 Å². The number of hydrogen-bond donors (Lipinski definition) is 1. The third kappa shape index (κ3) is 5.63. The van der Waals surface area contributed by atoms with Gasteiger partial charge >= 0.3 is 5.97 Å². The zero-order chi connectivity index (χ0) is 16.0. The fourth-order valence-electron chi connectivity index (χ4n) is 1.83. The summed E-state index contributed by atoms with van der Waals surface area (Å²) in [7, 11) is 1.64. The van der Waals surface area contributed by atoms with Gasteiger partial charge in [-0.25, -0.2) is 0 Å². The number of carbonyl (C=O) groups is 2. The molecule has 0 aromatic heterocycles. The number of carboxylic acid groups (broad SMARTS) is 1. The predicted octanol–water partition coefficient (Wildman–Crippen LogP) is 2.74. The first kappa shape index (κ1) is 17.3. The molecule has 0 saturated heterocycles. The molecule has 0 fully saturated rings. The standard InChI is InChI=1S/C15H20ClNO4/c1-10-9-12(6-7-13(10)16)21-11(2)15(20)17(3)8-4-5-14(18)19/h6-7,9,11H,4-5,8H2,1-3H3,(H,18,19). The van der Waals surface area contributed by atoms with Crippen LogP contribution < -0.4 is 4.74 Å². The van der Waals surface area contributed by atoms with E-state index in [1.54, 1.807) is 32.2 Å². The summed E-state index contributed by atoms with van der Waals surface area (Å²) < 4.78 is 5.59. The Balaban J connectivity index is 2.53. The Hall–Kier alpha value is -1.75. The lowest BCUT2D eigenvalue weighted by Gasteiger charge is -2.22. The number of amides is 1. The van der Waals surface area contributed by atoms with Gasteiger partial charge in [0.15, 0.2) is 6.10 Å². The van der Waals surface area contributed by atoms with Crippen molar-refractivity contribution in [2.24, 2.45) is 0 Å². The lowest BCUT2D eigenvalue weighted by Crippen LogP contribution is -2.38. The molecule has 1 aromatic carbocycles. The number of likely N-dealkylation sites (N-methyl/N-ethyl adjacent to an activating group) is 1. The fourth-order valence-corrected chi connectivity index (χ4v) is 1.95. The molecule has 0 aliphatic rings. The zero-order valence-corrected chi connectivity index (χ0v) is 13.2. The Morgan fingerprint density at radius 1 is 1.43 bits per heavy atom. The van der Waals surface area contributed by atoms with Crippen LogP contribution in [0.5, 0.6) is 5.75 Å². The van der Waals surface area contributed by atoms with Crippen molar-refractivity contribution >= 4 is 23.5 Å². The maximum atomic E-state index is 12.1. The molecule has 1 N–H and O–H groups in total. The molecular formula is C15H20ClNO4. The van der Waals surface area contributed by atoms with Gasteiger partial charge < -0.3 is 14.7 Å². The van der Waals surface area contributed by atoms with Gasteiger partial charge in [-0.2, -0.15) is 0 Å². The van der Waals surface area contributed by atoms with E-state index in [4.69, 9.17) is 21.4 Å². The topological polar surface area (TPSA) is 66.8 Å². The van der Waals surface area contributed by atoms with Crippen molar-refractivity contribution in [2.75, 3.05) is 13.6 Å². The lowest BCUT2D eigenvalue weighted by molar-refractivity contribution is -0.139. The van der Waals surface area contributed by atoms with E-state index >= 15 is 0 Å². The maximum Gasteiger partial charge on any atom is 0.303 e. The number of carbonyl (C=O) groups excluding carboxylic acids is 1. The van der Waals surface area contributed by atoms with Crippen molar-refractivity contribution in [3.8, 4) is 5.75 Å². The van der Waals surface area contributed by atoms with Crippen molar-refractivity contribution in [2.45, 2.75) is 32.8 Å². The first-order chi connectivity index (χ1) is 9.81. The molecule has 0 radical (unpaired) electrons. The number of halogens is 1. The van der Waals surface area contributed by atoms with E-state index in [-0.39, 0.29) is 12.3 Å². The summed E-state index contributed by atoms with van der Waals surface area (Å²) in [6.45, 7) is 3.91. The van der Waals surface area contributed by atoms with Crippen molar-refractivity contribution < 1.29 is 19.4 Å². The Kier molecular flexibility index (Phi) is 6.49. The number of ether oxygens (including phenoxy) is 1. The van der Waals surface area contributed by atoms with Gasteiger partial charge in [0.2, 0.25) is 0 Å². The monoisotopic (exact) mass is 313 g/mol. The highest BCUT2D eigenvalue weighted by Crippen LogP contribution is 2.22. The zero-order valence-electron chi connectivity index (χ0n) is 12.4. The highest BCUT2D eigenvalue weighted by molar-refractivity contribution is 6.31. The Bertz CT molecular complexity index is 518. The van der Waals surface area contributed by atoms with Gasteiger partial charge in [-0.1, -0.05) is 11.6 Å². The molecule has 116 valence electrons. The smallest absolute Gasteiger partial charge is 0.303 e. The third-order valence-electron chi connectivity index (χ3n) is 3.05. The molecule has 5 nitrogen and oxygen atoms in total. The van der Waals surface area contributed by atoms with E-state index in [1.165, 1.54) is 4.90 Å². The second-order valence-corrected chi connectivity index (χ2v) is 5.34. The molecule has 0 spiro atoms. The minimum absolute atomic E-state index is 0.0449. The van der Waals surface area contributed by atoms with Crippen molar-refractivity contribution in [3.63, 3.8) is 0 Å². The van der Waals surface area contributed by atoms with Gasteiger partial charge in [0.05, 0.1) is 0 Å². The quantitative estimate of drug-likeness (QED) is 0.840. The minimum Gasteiger partial charge on any atom is -0.481 e. The van der Waals surface area contributed by atoms with Gasteiger partial charge in [0, 0.05) is 25.0 Å². The van der Waals surface area contributed by atoms with Crippen LogP contribution in [-0.2, 0) is 9.59 Å². The normalized spacial score (nSPS) is 11.8. The lowest BCUT2D eigenvalue weighted by atomic mass is 10.2. The summed E-state index contributed by atoms with van der Waals surface area (Å²) in [5.74, 6) is -0.471. The maximum absolute atomic E-state index is 12.1. The van der Waals surface area contributed by atoms with Crippen LogP contribution in [0.4, 0.5) is 0 Å². The molecule has 0 heterocycles. The van der Waals surface area contributed by atoms with Gasteiger partial charge in [-0.15, -0.1) is 0 Å². The Labute approximate surface area is 129 Å². The number of aryl methyl sites for hydroxylation is 1. The molecule has 0 saturated carbocycles. The van der Waals surface area contributed by atoms with E-state index in [0.717, 1.165) is 5.56 Å². The summed E-state index contributed by atoms with van der Waals surface area (Å²) >= 11 is 5.93. The molecule has 1 amide bonds. The van der Waals surface area contributed by atoms with Crippen LogP contribution in [0.25, 0.3) is 0 Å². The minimum atomic E-state index is -0.864. The van der Waals surface area contributed by atoms with Crippen LogP contribution in [0, 0.1) is 6.92 Å². The van der Waals surface area contributed by atoms with Crippen molar-refractivity contribution in [1.29, 1.82) is 0 Å². The molecule has 21 heavy (non-hydrogen) atoms. The molecule has 0 bridgehead atoms. The summed E-state index contributed by atoms with van der Waals surface area (Å²) in [6, 6.07) is 5.21. The van der Waals surface area contributed by atoms with Crippen LogP contribution in [0.1, 0.15) is 25.3 Å². The van der Waals surface area contributed by atoms with Crippen LogP contribution >= 0.6 is 11.6 Å². The van der Waals surface area contributed by atoms with Crippen molar-refractivity contribution in [1.82, 2.24) is 4.90 Å². The molecule has 1 unspecified atom stereocenters. The molecule has 6 heteroatoms. The van der Waals surface area contributed by atoms with Gasteiger partial charge in [-0.3, -0.25) is 9.59 Å². The second kappa shape index (κ2) is 7.88. The Morgan fingerprint density at radius 3 is 2.67 bits per heavy atom. The van der Waals surface area contributed by atoms with E-state index in [0.29, 0.717) is 23.7 Å². The molecular weight excluding hydrogens is 294 g/mol. The van der Waals surface area contributed by atoms with Gasteiger partial charge in [-0.05, 0) is 44.0 Å². The van der Waals surface area contributed by atoms with Gasteiger partial charge in [0.25, 0.3) is 5.91 Å². The number of benzene rings is 1. The summed E-state index contributed by atoms with van der Waals surface area (Å²) in [5, 5.41) is 9.22. The second-order valence-electron chi connectivity index (χ2n) is 4.93. The number of nitrogens with zero attached hydrogens (tertiary/aromatic N) is 1. The van der Waals surface area contributed by atoms with Crippen LogP contribution in [0.2, 0.25) is 5.02 Å². The molecule has 1 aromatic rings. The van der Waals surface area contributed by atoms with E-state index < -0.39 is 12.1 Å². The largest absolute Gasteiger partial charge is 0.481 e. The van der Waals surface area contributed by atoms with E-state index in [2.05, 4.69) is 0 Å². The fraction of sp³-hybridized carbons (Fsp3) is 0.467. The average molecular weight is 314 g/mol. The molecule has 0 aliphatic carbocycles. The average Bonchev–Trinajstić information content (AvgIpc) is 2.41. The van der Waals surface area contributed by atoms with Crippen molar-refractivity contribution in [3.05, 3.63) is 28.8 Å². The molecule has 0 aliphatic heterocycles.